The molecule has 2 rings (SSSR count). The Morgan fingerprint density at radius 3 is 2.81 bits per heavy atom. The molecule has 0 amide bonds. The molecule has 6 heteroatoms. The molecular formula is C10H17N5O. The van der Waals surface area contributed by atoms with Gasteiger partial charge in [-0.2, -0.15) is 4.98 Å². The van der Waals surface area contributed by atoms with E-state index < -0.39 is 0 Å². The molecule has 0 radical (unpaired) electrons. The summed E-state index contributed by atoms with van der Waals surface area (Å²) in [5, 5.41) is 6.96. The van der Waals surface area contributed by atoms with E-state index >= 15 is 0 Å². The molecule has 1 aromatic heterocycles. The van der Waals surface area contributed by atoms with Crippen molar-refractivity contribution in [3.63, 3.8) is 0 Å². The molecule has 0 saturated carbocycles. The second-order valence-electron chi connectivity index (χ2n) is 3.83. The highest BCUT2D eigenvalue weighted by Crippen LogP contribution is 2.07. The van der Waals surface area contributed by atoms with Crippen molar-refractivity contribution < 1.29 is 4.52 Å². The third kappa shape index (κ3) is 2.50. The first kappa shape index (κ1) is 10.9. The van der Waals surface area contributed by atoms with Crippen molar-refractivity contribution in [3.8, 4) is 0 Å². The smallest absolute Gasteiger partial charge is 0.246 e. The minimum atomic E-state index is 0.532. The maximum atomic E-state index is 5.02. The average molecular weight is 223 g/mol. The number of hydrogen-bond donors (Lipinski definition) is 1. The summed E-state index contributed by atoms with van der Waals surface area (Å²) in [7, 11) is 1.79. The Balaban J connectivity index is 1.88. The van der Waals surface area contributed by atoms with Gasteiger partial charge in [0.25, 0.3) is 0 Å². The Bertz CT molecular complexity index is 367. The van der Waals surface area contributed by atoms with Crippen LogP contribution in [-0.2, 0) is 6.54 Å². The van der Waals surface area contributed by atoms with E-state index in [-0.39, 0.29) is 0 Å². The van der Waals surface area contributed by atoms with Crippen LogP contribution in [0, 0.1) is 6.92 Å². The SMILES string of the molecule is CN=C(NCc1nc(C)no1)N1CCCC1. The second kappa shape index (κ2) is 4.96. The summed E-state index contributed by atoms with van der Waals surface area (Å²) in [4.78, 5) is 10.6. The summed E-state index contributed by atoms with van der Waals surface area (Å²) in [5.74, 6) is 2.17. The normalized spacial score (nSPS) is 16.9. The highest BCUT2D eigenvalue weighted by molar-refractivity contribution is 5.79. The molecule has 0 unspecified atom stereocenters. The molecule has 2 heterocycles. The molecule has 16 heavy (non-hydrogen) atoms. The van der Waals surface area contributed by atoms with E-state index in [1.165, 1.54) is 12.8 Å². The summed E-state index contributed by atoms with van der Waals surface area (Å²) in [6, 6.07) is 0. The molecule has 1 aliphatic heterocycles. The van der Waals surface area contributed by atoms with E-state index in [9.17, 15) is 0 Å². The molecule has 0 aromatic carbocycles. The maximum absolute atomic E-state index is 5.02. The third-order valence-electron chi connectivity index (χ3n) is 2.58. The summed E-state index contributed by atoms with van der Waals surface area (Å²) >= 11 is 0. The van der Waals surface area contributed by atoms with Crippen LogP contribution in [0.3, 0.4) is 0 Å². The van der Waals surface area contributed by atoms with Crippen molar-refractivity contribution in [3.05, 3.63) is 11.7 Å². The van der Waals surface area contributed by atoms with E-state index in [1.54, 1.807) is 7.05 Å². The molecule has 1 N–H and O–H groups in total. The summed E-state index contributed by atoms with van der Waals surface area (Å²) in [5.41, 5.74) is 0. The van der Waals surface area contributed by atoms with Gasteiger partial charge in [-0.1, -0.05) is 5.16 Å². The third-order valence-corrected chi connectivity index (χ3v) is 2.58. The molecule has 88 valence electrons. The average Bonchev–Trinajstić information content (AvgIpc) is 2.91. The van der Waals surface area contributed by atoms with Gasteiger partial charge in [0.05, 0.1) is 6.54 Å². The fourth-order valence-electron chi connectivity index (χ4n) is 1.83. The largest absolute Gasteiger partial charge is 0.347 e. The lowest BCUT2D eigenvalue weighted by Crippen LogP contribution is -2.39. The number of likely N-dealkylation sites (tertiary alicyclic amines) is 1. The molecular weight excluding hydrogens is 206 g/mol. The zero-order chi connectivity index (χ0) is 11.4. The summed E-state index contributed by atoms with van der Waals surface area (Å²) in [6.07, 6.45) is 2.47. The van der Waals surface area contributed by atoms with Crippen LogP contribution in [0.1, 0.15) is 24.6 Å². The molecule has 1 fully saturated rings. The summed E-state index contributed by atoms with van der Waals surface area (Å²) in [6.45, 7) is 4.48. The van der Waals surface area contributed by atoms with E-state index in [0.717, 1.165) is 19.0 Å². The number of aromatic nitrogens is 2. The van der Waals surface area contributed by atoms with Crippen LogP contribution in [0.5, 0.6) is 0 Å². The van der Waals surface area contributed by atoms with E-state index in [2.05, 4.69) is 25.3 Å². The van der Waals surface area contributed by atoms with Gasteiger partial charge in [-0.05, 0) is 19.8 Å². The van der Waals surface area contributed by atoms with Gasteiger partial charge in [-0.3, -0.25) is 4.99 Å². The van der Waals surface area contributed by atoms with Crippen LogP contribution in [0.15, 0.2) is 9.52 Å². The Hall–Kier alpha value is -1.59. The maximum Gasteiger partial charge on any atom is 0.246 e. The zero-order valence-electron chi connectivity index (χ0n) is 9.73. The van der Waals surface area contributed by atoms with Crippen molar-refractivity contribution in [2.45, 2.75) is 26.3 Å². The minimum absolute atomic E-state index is 0.532. The van der Waals surface area contributed by atoms with Crippen LogP contribution < -0.4 is 5.32 Å². The number of hydrogen-bond acceptors (Lipinski definition) is 4. The van der Waals surface area contributed by atoms with Crippen molar-refractivity contribution in [2.24, 2.45) is 4.99 Å². The number of nitrogens with one attached hydrogen (secondary N) is 1. The molecule has 0 atom stereocenters. The van der Waals surface area contributed by atoms with Crippen molar-refractivity contribution in [2.75, 3.05) is 20.1 Å². The van der Waals surface area contributed by atoms with Crippen molar-refractivity contribution in [1.82, 2.24) is 20.4 Å². The molecule has 0 aliphatic carbocycles. The quantitative estimate of drug-likeness (QED) is 0.586. The molecule has 1 aliphatic rings. The molecule has 6 nitrogen and oxygen atoms in total. The number of aryl methyl sites for hydroxylation is 1. The molecule has 0 spiro atoms. The van der Waals surface area contributed by atoms with Gasteiger partial charge in [0.2, 0.25) is 5.89 Å². The number of guanidine groups is 1. The van der Waals surface area contributed by atoms with Gasteiger partial charge < -0.3 is 14.7 Å². The number of nitrogens with zero attached hydrogens (tertiary/aromatic N) is 4. The lowest BCUT2D eigenvalue weighted by atomic mass is 10.4. The van der Waals surface area contributed by atoms with Crippen LogP contribution >= 0.6 is 0 Å². The Labute approximate surface area is 94.7 Å². The van der Waals surface area contributed by atoms with Crippen LogP contribution in [0.25, 0.3) is 0 Å². The topological polar surface area (TPSA) is 66.5 Å². The highest BCUT2D eigenvalue weighted by Gasteiger charge is 2.15. The predicted octanol–water partition coefficient (Wildman–Crippen LogP) is 0.549. The zero-order valence-corrected chi connectivity index (χ0v) is 9.73. The van der Waals surface area contributed by atoms with E-state index in [0.29, 0.717) is 18.3 Å². The molecule has 1 aromatic rings. The van der Waals surface area contributed by atoms with Gasteiger partial charge in [-0.25, -0.2) is 0 Å². The number of aliphatic imine (C=N–C) groups is 1. The lowest BCUT2D eigenvalue weighted by molar-refractivity contribution is 0.368. The fraction of sp³-hybridized carbons (Fsp3) is 0.700. The number of rotatable bonds is 2. The molecule has 1 saturated heterocycles. The second-order valence-corrected chi connectivity index (χ2v) is 3.83. The van der Waals surface area contributed by atoms with Gasteiger partial charge in [0.1, 0.15) is 0 Å². The first-order valence-corrected chi connectivity index (χ1v) is 5.54. The van der Waals surface area contributed by atoms with Crippen LogP contribution in [0.2, 0.25) is 0 Å². The van der Waals surface area contributed by atoms with Crippen molar-refractivity contribution >= 4 is 5.96 Å². The fourth-order valence-corrected chi connectivity index (χ4v) is 1.83. The Morgan fingerprint density at radius 2 is 2.25 bits per heavy atom. The minimum Gasteiger partial charge on any atom is -0.347 e. The van der Waals surface area contributed by atoms with Gasteiger partial charge >= 0.3 is 0 Å². The first-order valence-electron chi connectivity index (χ1n) is 5.54. The van der Waals surface area contributed by atoms with Crippen molar-refractivity contribution in [1.29, 1.82) is 0 Å². The van der Waals surface area contributed by atoms with Crippen LogP contribution in [0.4, 0.5) is 0 Å². The van der Waals surface area contributed by atoms with E-state index in [1.807, 2.05) is 6.92 Å². The predicted molar refractivity (Wildman–Crippen MR) is 60.0 cm³/mol. The summed E-state index contributed by atoms with van der Waals surface area (Å²) < 4.78 is 5.02. The Morgan fingerprint density at radius 1 is 1.50 bits per heavy atom. The first-order chi connectivity index (χ1) is 7.79. The standard InChI is InChI=1S/C10H17N5O/c1-8-13-9(16-14-8)7-12-10(11-2)15-5-3-4-6-15/h3-7H2,1-2H3,(H,11,12). The lowest BCUT2D eigenvalue weighted by Gasteiger charge is -2.19. The van der Waals surface area contributed by atoms with E-state index in [4.69, 9.17) is 4.52 Å². The van der Waals surface area contributed by atoms with Gasteiger partial charge in [0.15, 0.2) is 11.8 Å². The highest BCUT2D eigenvalue weighted by atomic mass is 16.5. The van der Waals surface area contributed by atoms with Gasteiger partial charge in [0, 0.05) is 20.1 Å². The van der Waals surface area contributed by atoms with Crippen LogP contribution in [-0.4, -0.2) is 41.1 Å². The Kier molecular flexibility index (Phi) is 3.38. The molecule has 0 bridgehead atoms. The van der Waals surface area contributed by atoms with Gasteiger partial charge in [-0.15, -0.1) is 0 Å². The monoisotopic (exact) mass is 223 g/mol.